The second-order valence-electron chi connectivity index (χ2n) is 4.00. The van der Waals surface area contributed by atoms with Crippen molar-refractivity contribution in [1.82, 2.24) is 0 Å². The zero-order valence-corrected chi connectivity index (χ0v) is 11.1. The van der Waals surface area contributed by atoms with Crippen LogP contribution in [0, 0.1) is 5.82 Å². The minimum atomic E-state index is -0.577. The van der Waals surface area contributed by atoms with Crippen LogP contribution in [0.25, 0.3) is 0 Å². The van der Waals surface area contributed by atoms with Gasteiger partial charge in [0.2, 0.25) is 0 Å². The maximum Gasteiger partial charge on any atom is 0.258 e. The Balaban J connectivity index is 2.29. The second kappa shape index (κ2) is 6.06. The molecule has 1 N–H and O–H groups in total. The van der Waals surface area contributed by atoms with E-state index in [1.807, 2.05) is 0 Å². The Morgan fingerprint density at radius 3 is 2.50 bits per heavy atom. The molecule has 0 saturated heterocycles. The summed E-state index contributed by atoms with van der Waals surface area (Å²) in [6, 6.07) is 10.7. The number of carbonyl (C=O) groups excluding carboxylic acids is 1. The molecule has 2 aromatic rings. The van der Waals surface area contributed by atoms with Crippen molar-refractivity contribution in [3.8, 4) is 11.5 Å². The normalized spacial score (nSPS) is 9.95. The Morgan fingerprint density at radius 2 is 1.85 bits per heavy atom. The van der Waals surface area contributed by atoms with E-state index in [4.69, 9.17) is 9.47 Å². The molecule has 4 nitrogen and oxygen atoms in total. The SMILES string of the molecule is COc1ccc(OC)c(NC(=O)c2ccccc2F)c1. The third kappa shape index (κ3) is 2.88. The average molecular weight is 275 g/mol. The van der Waals surface area contributed by atoms with Crippen molar-refractivity contribution < 1.29 is 18.7 Å². The molecule has 0 aliphatic heterocycles. The van der Waals surface area contributed by atoms with Crippen molar-refractivity contribution >= 4 is 11.6 Å². The van der Waals surface area contributed by atoms with Gasteiger partial charge in [0.25, 0.3) is 5.91 Å². The van der Waals surface area contributed by atoms with Crippen LogP contribution in [-0.4, -0.2) is 20.1 Å². The molecule has 5 heteroatoms. The lowest BCUT2D eigenvalue weighted by Gasteiger charge is -2.12. The molecule has 0 aromatic heterocycles. The lowest BCUT2D eigenvalue weighted by molar-refractivity contribution is 0.102. The van der Waals surface area contributed by atoms with Crippen LogP contribution in [0.15, 0.2) is 42.5 Å². The van der Waals surface area contributed by atoms with E-state index in [0.717, 1.165) is 0 Å². The molecule has 0 aliphatic carbocycles. The van der Waals surface area contributed by atoms with E-state index in [1.165, 1.54) is 32.4 Å². The number of rotatable bonds is 4. The third-order valence-corrected chi connectivity index (χ3v) is 2.77. The third-order valence-electron chi connectivity index (χ3n) is 2.77. The fourth-order valence-corrected chi connectivity index (χ4v) is 1.75. The standard InChI is InChI=1S/C15H14FNO3/c1-19-10-7-8-14(20-2)13(9-10)17-15(18)11-5-3-4-6-12(11)16/h3-9H,1-2H3,(H,17,18). The molecule has 0 unspecified atom stereocenters. The highest BCUT2D eigenvalue weighted by Gasteiger charge is 2.14. The zero-order chi connectivity index (χ0) is 14.5. The van der Waals surface area contributed by atoms with Crippen LogP contribution in [0.4, 0.5) is 10.1 Å². The van der Waals surface area contributed by atoms with Crippen molar-refractivity contribution in [2.75, 3.05) is 19.5 Å². The van der Waals surface area contributed by atoms with Crippen molar-refractivity contribution in [3.63, 3.8) is 0 Å². The number of methoxy groups -OCH3 is 2. The molecule has 0 atom stereocenters. The molecule has 0 saturated carbocycles. The van der Waals surface area contributed by atoms with Gasteiger partial charge in [0.1, 0.15) is 17.3 Å². The van der Waals surface area contributed by atoms with E-state index in [0.29, 0.717) is 17.2 Å². The average Bonchev–Trinajstić information content (AvgIpc) is 2.47. The molecule has 2 aromatic carbocycles. The number of ether oxygens (including phenoxy) is 2. The maximum absolute atomic E-state index is 13.6. The Bertz CT molecular complexity index is 628. The molecule has 104 valence electrons. The molecule has 2 rings (SSSR count). The largest absolute Gasteiger partial charge is 0.497 e. The van der Waals surface area contributed by atoms with Gasteiger partial charge in [0.05, 0.1) is 25.5 Å². The van der Waals surface area contributed by atoms with Crippen LogP contribution in [0.5, 0.6) is 11.5 Å². The predicted molar refractivity (Wildman–Crippen MR) is 73.9 cm³/mol. The quantitative estimate of drug-likeness (QED) is 0.932. The number of benzene rings is 2. The molecule has 20 heavy (non-hydrogen) atoms. The van der Waals surface area contributed by atoms with E-state index >= 15 is 0 Å². The summed E-state index contributed by atoms with van der Waals surface area (Å²) in [5.74, 6) is -0.0911. The number of hydrogen-bond acceptors (Lipinski definition) is 3. The molecule has 0 heterocycles. The summed E-state index contributed by atoms with van der Waals surface area (Å²) >= 11 is 0. The van der Waals surface area contributed by atoms with Crippen LogP contribution in [0.1, 0.15) is 10.4 Å². The fraction of sp³-hybridized carbons (Fsp3) is 0.133. The highest BCUT2D eigenvalue weighted by molar-refractivity contribution is 6.05. The van der Waals surface area contributed by atoms with Gasteiger partial charge in [-0.3, -0.25) is 4.79 Å². The minimum absolute atomic E-state index is 0.0302. The first kappa shape index (κ1) is 13.9. The van der Waals surface area contributed by atoms with Gasteiger partial charge >= 0.3 is 0 Å². The molecule has 0 spiro atoms. The zero-order valence-electron chi connectivity index (χ0n) is 11.1. The first-order valence-electron chi connectivity index (χ1n) is 5.93. The summed E-state index contributed by atoms with van der Waals surface area (Å²) < 4.78 is 23.8. The fourth-order valence-electron chi connectivity index (χ4n) is 1.75. The second-order valence-corrected chi connectivity index (χ2v) is 4.00. The van der Waals surface area contributed by atoms with Crippen molar-refractivity contribution in [2.45, 2.75) is 0 Å². The summed E-state index contributed by atoms with van der Waals surface area (Å²) in [6.07, 6.45) is 0. The summed E-state index contributed by atoms with van der Waals surface area (Å²) in [5, 5.41) is 2.61. The maximum atomic E-state index is 13.6. The lowest BCUT2D eigenvalue weighted by atomic mass is 10.2. The number of hydrogen-bond donors (Lipinski definition) is 1. The monoisotopic (exact) mass is 275 g/mol. The van der Waals surface area contributed by atoms with Gasteiger partial charge in [-0.05, 0) is 24.3 Å². The predicted octanol–water partition coefficient (Wildman–Crippen LogP) is 3.10. The van der Waals surface area contributed by atoms with Crippen molar-refractivity contribution in [2.24, 2.45) is 0 Å². The Hall–Kier alpha value is -2.56. The minimum Gasteiger partial charge on any atom is -0.497 e. The number of anilines is 1. The van der Waals surface area contributed by atoms with Crippen LogP contribution < -0.4 is 14.8 Å². The van der Waals surface area contributed by atoms with E-state index in [1.54, 1.807) is 24.3 Å². The van der Waals surface area contributed by atoms with Gasteiger partial charge in [-0.25, -0.2) is 4.39 Å². The van der Waals surface area contributed by atoms with Gasteiger partial charge in [-0.2, -0.15) is 0 Å². The first-order valence-corrected chi connectivity index (χ1v) is 5.93. The van der Waals surface area contributed by atoms with Gasteiger partial charge in [-0.15, -0.1) is 0 Å². The smallest absolute Gasteiger partial charge is 0.258 e. The van der Waals surface area contributed by atoms with Gasteiger partial charge in [-0.1, -0.05) is 12.1 Å². The number of amides is 1. The van der Waals surface area contributed by atoms with Crippen LogP contribution >= 0.6 is 0 Å². The molecule has 0 radical (unpaired) electrons. The number of nitrogens with one attached hydrogen (secondary N) is 1. The van der Waals surface area contributed by atoms with E-state index in [-0.39, 0.29) is 5.56 Å². The van der Waals surface area contributed by atoms with Crippen LogP contribution in [0.3, 0.4) is 0 Å². The van der Waals surface area contributed by atoms with Crippen molar-refractivity contribution in [3.05, 3.63) is 53.8 Å². The summed E-state index contributed by atoms with van der Waals surface area (Å²) in [5.41, 5.74) is 0.387. The summed E-state index contributed by atoms with van der Waals surface area (Å²) in [4.78, 5) is 12.1. The summed E-state index contributed by atoms with van der Waals surface area (Å²) in [6.45, 7) is 0. The Morgan fingerprint density at radius 1 is 1.10 bits per heavy atom. The molecule has 0 bridgehead atoms. The number of halogens is 1. The molecular weight excluding hydrogens is 261 g/mol. The van der Waals surface area contributed by atoms with Gasteiger partial charge < -0.3 is 14.8 Å². The summed E-state index contributed by atoms with van der Waals surface area (Å²) in [7, 11) is 3.00. The van der Waals surface area contributed by atoms with E-state index in [2.05, 4.69) is 5.32 Å². The molecular formula is C15H14FNO3. The first-order chi connectivity index (χ1) is 9.65. The number of carbonyl (C=O) groups is 1. The van der Waals surface area contributed by atoms with E-state index < -0.39 is 11.7 Å². The van der Waals surface area contributed by atoms with Gasteiger partial charge in [0.15, 0.2) is 0 Å². The lowest BCUT2D eigenvalue weighted by Crippen LogP contribution is -2.14. The Kier molecular flexibility index (Phi) is 4.20. The topological polar surface area (TPSA) is 47.6 Å². The highest BCUT2D eigenvalue weighted by atomic mass is 19.1. The van der Waals surface area contributed by atoms with Crippen molar-refractivity contribution in [1.29, 1.82) is 0 Å². The van der Waals surface area contributed by atoms with E-state index in [9.17, 15) is 9.18 Å². The van der Waals surface area contributed by atoms with Crippen LogP contribution in [-0.2, 0) is 0 Å². The van der Waals surface area contributed by atoms with Crippen LogP contribution in [0.2, 0.25) is 0 Å². The molecule has 1 amide bonds. The Labute approximate surface area is 116 Å². The highest BCUT2D eigenvalue weighted by Crippen LogP contribution is 2.29. The molecule has 0 aliphatic rings. The van der Waals surface area contributed by atoms with Gasteiger partial charge in [0, 0.05) is 6.07 Å². The molecule has 0 fully saturated rings.